The number of rotatable bonds is 3. The zero-order valence-corrected chi connectivity index (χ0v) is 9.68. The predicted molar refractivity (Wildman–Crippen MR) is 63.9 cm³/mol. The predicted octanol–water partition coefficient (Wildman–Crippen LogP) is 1.62. The molecule has 0 atom stereocenters. The molecular weight excluding hydrogens is 218 g/mol. The number of nitrogens with zero attached hydrogens (tertiary/aromatic N) is 2. The smallest absolute Gasteiger partial charge is 0.293 e. The minimum atomic E-state index is -0.297. The number of H-pyrrole nitrogens is 1. The Morgan fingerprint density at radius 2 is 2.12 bits per heavy atom. The molecule has 0 aliphatic heterocycles. The molecular formula is C12H13N3O2. The third-order valence-corrected chi connectivity index (χ3v) is 2.04. The van der Waals surface area contributed by atoms with Crippen LogP contribution in [0.2, 0.25) is 0 Å². The summed E-state index contributed by atoms with van der Waals surface area (Å²) in [6.07, 6.45) is 3.01. The van der Waals surface area contributed by atoms with Crippen molar-refractivity contribution >= 4 is 0 Å². The van der Waals surface area contributed by atoms with Crippen molar-refractivity contribution in [3.63, 3.8) is 0 Å². The van der Waals surface area contributed by atoms with Gasteiger partial charge in [-0.05, 0) is 26.0 Å². The molecule has 17 heavy (non-hydrogen) atoms. The molecule has 0 bridgehead atoms. The van der Waals surface area contributed by atoms with E-state index in [1.165, 1.54) is 6.20 Å². The van der Waals surface area contributed by atoms with Crippen LogP contribution >= 0.6 is 0 Å². The minimum Gasteiger partial charge on any atom is -0.484 e. The van der Waals surface area contributed by atoms with Gasteiger partial charge in [0.1, 0.15) is 5.69 Å². The average molecular weight is 231 g/mol. The molecule has 0 unspecified atom stereocenters. The van der Waals surface area contributed by atoms with E-state index >= 15 is 0 Å². The first kappa shape index (κ1) is 11.3. The van der Waals surface area contributed by atoms with E-state index in [0.29, 0.717) is 11.5 Å². The van der Waals surface area contributed by atoms with Crippen molar-refractivity contribution in [3.8, 4) is 17.3 Å². The fourth-order valence-electron chi connectivity index (χ4n) is 1.35. The Morgan fingerprint density at radius 3 is 2.71 bits per heavy atom. The lowest BCUT2D eigenvalue weighted by Crippen LogP contribution is -2.17. The second-order valence-electron chi connectivity index (χ2n) is 3.81. The second-order valence-corrected chi connectivity index (χ2v) is 3.81. The van der Waals surface area contributed by atoms with E-state index in [9.17, 15) is 4.79 Å². The standard InChI is InChI=1S/C12H13N3O2/c1-8(2)17-10-7-14-11(15-12(10)16)9-5-3-4-6-13-9/h3-8H,1-2H3,(H,14,15,16). The number of pyridine rings is 1. The first-order valence-corrected chi connectivity index (χ1v) is 5.34. The van der Waals surface area contributed by atoms with E-state index in [4.69, 9.17) is 4.74 Å². The Labute approximate surface area is 98.5 Å². The molecule has 2 aromatic heterocycles. The van der Waals surface area contributed by atoms with Crippen molar-refractivity contribution in [3.05, 3.63) is 40.9 Å². The van der Waals surface area contributed by atoms with Crippen LogP contribution in [0.25, 0.3) is 11.5 Å². The number of aromatic amines is 1. The van der Waals surface area contributed by atoms with Gasteiger partial charge in [-0.15, -0.1) is 0 Å². The molecule has 2 rings (SSSR count). The summed E-state index contributed by atoms with van der Waals surface area (Å²) in [6, 6.07) is 5.42. The fourth-order valence-corrected chi connectivity index (χ4v) is 1.35. The topological polar surface area (TPSA) is 67.9 Å². The van der Waals surface area contributed by atoms with Crippen molar-refractivity contribution in [2.45, 2.75) is 20.0 Å². The summed E-state index contributed by atoms with van der Waals surface area (Å²) in [4.78, 5) is 22.6. The summed E-state index contributed by atoms with van der Waals surface area (Å²) in [5.74, 6) is 0.659. The maximum Gasteiger partial charge on any atom is 0.293 e. The van der Waals surface area contributed by atoms with E-state index in [1.54, 1.807) is 18.3 Å². The van der Waals surface area contributed by atoms with Gasteiger partial charge in [0.15, 0.2) is 5.82 Å². The normalized spacial score (nSPS) is 10.5. The van der Waals surface area contributed by atoms with Crippen molar-refractivity contribution in [2.75, 3.05) is 0 Å². The number of hydrogen-bond acceptors (Lipinski definition) is 4. The van der Waals surface area contributed by atoms with Crippen molar-refractivity contribution in [2.24, 2.45) is 0 Å². The van der Waals surface area contributed by atoms with Crippen LogP contribution in [0, 0.1) is 0 Å². The molecule has 5 heteroatoms. The van der Waals surface area contributed by atoms with Crippen LogP contribution in [-0.4, -0.2) is 21.1 Å². The van der Waals surface area contributed by atoms with Crippen molar-refractivity contribution in [1.29, 1.82) is 0 Å². The second kappa shape index (κ2) is 4.78. The lowest BCUT2D eigenvalue weighted by Gasteiger charge is -2.08. The molecule has 88 valence electrons. The lowest BCUT2D eigenvalue weighted by atomic mass is 10.3. The van der Waals surface area contributed by atoms with Gasteiger partial charge in [0.05, 0.1) is 12.3 Å². The molecule has 1 N–H and O–H groups in total. The number of ether oxygens (including phenoxy) is 1. The number of aromatic nitrogens is 3. The molecule has 0 aliphatic rings. The molecule has 0 saturated carbocycles. The Morgan fingerprint density at radius 1 is 1.29 bits per heavy atom. The van der Waals surface area contributed by atoms with Gasteiger partial charge in [0.25, 0.3) is 5.56 Å². The number of hydrogen-bond donors (Lipinski definition) is 1. The van der Waals surface area contributed by atoms with E-state index in [1.807, 2.05) is 19.9 Å². The highest BCUT2D eigenvalue weighted by atomic mass is 16.5. The summed E-state index contributed by atoms with van der Waals surface area (Å²) in [7, 11) is 0. The van der Waals surface area contributed by atoms with Crippen LogP contribution in [0.3, 0.4) is 0 Å². The van der Waals surface area contributed by atoms with Crippen LogP contribution in [-0.2, 0) is 0 Å². The monoisotopic (exact) mass is 231 g/mol. The van der Waals surface area contributed by atoms with Gasteiger partial charge in [-0.25, -0.2) is 4.98 Å². The first-order valence-electron chi connectivity index (χ1n) is 5.34. The third-order valence-electron chi connectivity index (χ3n) is 2.04. The molecule has 2 heterocycles. The third kappa shape index (κ3) is 2.69. The minimum absolute atomic E-state index is 0.0569. The van der Waals surface area contributed by atoms with Gasteiger partial charge >= 0.3 is 0 Å². The SMILES string of the molecule is CC(C)Oc1cnc(-c2ccccn2)[nH]c1=O. The Kier molecular flexibility index (Phi) is 3.18. The van der Waals surface area contributed by atoms with Gasteiger partial charge in [-0.1, -0.05) is 6.07 Å². The first-order chi connectivity index (χ1) is 8.16. The van der Waals surface area contributed by atoms with Crippen LogP contribution in [0.5, 0.6) is 5.75 Å². The highest BCUT2D eigenvalue weighted by Crippen LogP contribution is 2.10. The molecule has 0 saturated heterocycles. The maximum absolute atomic E-state index is 11.7. The maximum atomic E-state index is 11.7. The molecule has 0 spiro atoms. The highest BCUT2D eigenvalue weighted by molar-refractivity contribution is 5.48. The molecule has 0 fully saturated rings. The van der Waals surface area contributed by atoms with Crippen molar-refractivity contribution < 1.29 is 4.74 Å². The lowest BCUT2D eigenvalue weighted by molar-refractivity contribution is 0.238. The summed E-state index contributed by atoms with van der Waals surface area (Å²) >= 11 is 0. The molecule has 5 nitrogen and oxygen atoms in total. The van der Waals surface area contributed by atoms with E-state index in [2.05, 4.69) is 15.0 Å². The van der Waals surface area contributed by atoms with Gasteiger partial charge in [0, 0.05) is 6.20 Å². The Bertz CT molecular complexity index is 549. The van der Waals surface area contributed by atoms with Crippen molar-refractivity contribution in [1.82, 2.24) is 15.0 Å². The fraction of sp³-hybridized carbons (Fsp3) is 0.250. The summed E-state index contributed by atoms with van der Waals surface area (Å²) in [5, 5.41) is 0. The summed E-state index contributed by atoms with van der Waals surface area (Å²) in [6.45, 7) is 3.71. The zero-order valence-electron chi connectivity index (χ0n) is 9.68. The van der Waals surface area contributed by atoms with E-state index in [-0.39, 0.29) is 17.4 Å². The number of nitrogens with one attached hydrogen (secondary N) is 1. The van der Waals surface area contributed by atoms with Gasteiger partial charge in [-0.2, -0.15) is 0 Å². The van der Waals surface area contributed by atoms with E-state index in [0.717, 1.165) is 0 Å². The summed E-state index contributed by atoms with van der Waals surface area (Å²) in [5.41, 5.74) is 0.329. The largest absolute Gasteiger partial charge is 0.484 e. The summed E-state index contributed by atoms with van der Waals surface area (Å²) < 4.78 is 5.31. The zero-order chi connectivity index (χ0) is 12.3. The van der Waals surface area contributed by atoms with Gasteiger partial charge in [-0.3, -0.25) is 9.78 Å². The molecule has 0 amide bonds. The van der Waals surface area contributed by atoms with Gasteiger partial charge in [0.2, 0.25) is 5.75 Å². The van der Waals surface area contributed by atoms with Gasteiger partial charge < -0.3 is 9.72 Å². The molecule has 0 aromatic carbocycles. The van der Waals surface area contributed by atoms with Crippen LogP contribution in [0.15, 0.2) is 35.4 Å². The van der Waals surface area contributed by atoms with Crippen LogP contribution in [0.1, 0.15) is 13.8 Å². The van der Waals surface area contributed by atoms with E-state index < -0.39 is 0 Å². The molecule has 0 aliphatic carbocycles. The highest BCUT2D eigenvalue weighted by Gasteiger charge is 2.07. The van der Waals surface area contributed by atoms with Crippen LogP contribution < -0.4 is 10.3 Å². The average Bonchev–Trinajstić information content (AvgIpc) is 2.32. The Balaban J connectivity index is 2.35. The molecule has 2 aromatic rings. The van der Waals surface area contributed by atoms with Crippen LogP contribution in [0.4, 0.5) is 0 Å². The quantitative estimate of drug-likeness (QED) is 0.871. The Hall–Kier alpha value is -2.17. The molecule has 0 radical (unpaired) electrons.